The number of amides is 1. The molecule has 0 aliphatic heterocycles. The zero-order valence-electron chi connectivity index (χ0n) is 16.6. The van der Waals surface area contributed by atoms with E-state index in [0.29, 0.717) is 12.4 Å². The van der Waals surface area contributed by atoms with Crippen LogP contribution in [0.5, 0.6) is 11.5 Å². The topological polar surface area (TPSA) is 59.9 Å². The molecule has 3 aromatic rings. The molecule has 5 heteroatoms. The fourth-order valence-electron chi connectivity index (χ4n) is 2.59. The van der Waals surface area contributed by atoms with E-state index in [9.17, 15) is 4.79 Å². The Bertz CT molecular complexity index is 984. The predicted octanol–water partition coefficient (Wildman–Crippen LogP) is 4.41. The van der Waals surface area contributed by atoms with Gasteiger partial charge in [-0.2, -0.15) is 5.10 Å². The molecule has 148 valence electrons. The van der Waals surface area contributed by atoms with Crippen LogP contribution in [0.3, 0.4) is 0 Å². The summed E-state index contributed by atoms with van der Waals surface area (Å²) in [5.74, 6) is 1.08. The molecule has 0 fully saturated rings. The number of nitrogens with one attached hydrogen (secondary N) is 1. The van der Waals surface area contributed by atoms with E-state index in [1.165, 1.54) is 5.56 Å². The Kier molecular flexibility index (Phi) is 7.00. The first-order chi connectivity index (χ1) is 14.1. The van der Waals surface area contributed by atoms with E-state index in [4.69, 9.17) is 9.47 Å². The number of hydrogen-bond donors (Lipinski definition) is 1. The molecule has 0 aliphatic carbocycles. The van der Waals surface area contributed by atoms with E-state index >= 15 is 0 Å². The Morgan fingerprint density at radius 2 is 1.69 bits per heavy atom. The maximum atomic E-state index is 11.9. The lowest BCUT2D eigenvalue weighted by atomic mass is 10.1. The van der Waals surface area contributed by atoms with Gasteiger partial charge in [-0.15, -0.1) is 0 Å². The zero-order valence-corrected chi connectivity index (χ0v) is 16.6. The number of benzene rings is 3. The van der Waals surface area contributed by atoms with E-state index in [2.05, 4.69) is 10.5 Å². The normalized spacial score (nSPS) is 10.7. The van der Waals surface area contributed by atoms with Crippen LogP contribution < -0.4 is 14.9 Å². The van der Waals surface area contributed by atoms with Gasteiger partial charge in [-0.05, 0) is 60.4 Å². The van der Waals surface area contributed by atoms with Gasteiger partial charge in [0.25, 0.3) is 5.91 Å². The van der Waals surface area contributed by atoms with Gasteiger partial charge in [-0.25, -0.2) is 5.43 Å². The fourth-order valence-corrected chi connectivity index (χ4v) is 2.59. The van der Waals surface area contributed by atoms with Gasteiger partial charge in [0, 0.05) is 0 Å². The summed E-state index contributed by atoms with van der Waals surface area (Å²) in [5, 5.41) is 3.98. The third-order valence-electron chi connectivity index (χ3n) is 4.36. The van der Waals surface area contributed by atoms with Gasteiger partial charge in [0.05, 0.1) is 6.21 Å². The van der Waals surface area contributed by atoms with Crippen molar-refractivity contribution in [1.82, 2.24) is 5.43 Å². The van der Waals surface area contributed by atoms with Crippen molar-refractivity contribution in [3.8, 4) is 11.5 Å². The van der Waals surface area contributed by atoms with Crippen molar-refractivity contribution >= 4 is 12.1 Å². The van der Waals surface area contributed by atoms with Gasteiger partial charge in [0.1, 0.15) is 18.1 Å². The molecule has 29 heavy (non-hydrogen) atoms. The van der Waals surface area contributed by atoms with Crippen LogP contribution in [0.25, 0.3) is 0 Å². The van der Waals surface area contributed by atoms with Gasteiger partial charge in [0.15, 0.2) is 6.61 Å². The summed E-state index contributed by atoms with van der Waals surface area (Å²) < 4.78 is 11.3. The molecule has 0 heterocycles. The number of carbonyl (C=O) groups excluding carboxylic acids is 1. The molecular formula is C24H24N2O3. The second-order valence-electron chi connectivity index (χ2n) is 6.67. The van der Waals surface area contributed by atoms with E-state index in [1.54, 1.807) is 6.21 Å². The first-order valence-corrected chi connectivity index (χ1v) is 9.39. The molecule has 0 saturated heterocycles. The Balaban J connectivity index is 1.46. The third kappa shape index (κ3) is 6.50. The molecule has 0 spiro atoms. The SMILES string of the molecule is Cc1ccc(OCC(=O)N/N=C/c2cccc(OCc3ccccc3)c2)cc1C. The van der Waals surface area contributed by atoms with Crippen molar-refractivity contribution < 1.29 is 14.3 Å². The maximum Gasteiger partial charge on any atom is 0.277 e. The lowest BCUT2D eigenvalue weighted by Gasteiger charge is -2.07. The number of rotatable bonds is 8. The Morgan fingerprint density at radius 1 is 0.897 bits per heavy atom. The molecule has 0 bridgehead atoms. The third-order valence-corrected chi connectivity index (χ3v) is 4.36. The summed E-state index contributed by atoms with van der Waals surface area (Å²) in [6.45, 7) is 4.43. The van der Waals surface area contributed by atoms with Crippen molar-refractivity contribution in [1.29, 1.82) is 0 Å². The van der Waals surface area contributed by atoms with Gasteiger partial charge in [-0.1, -0.05) is 48.5 Å². The predicted molar refractivity (Wildman–Crippen MR) is 114 cm³/mol. The molecule has 0 radical (unpaired) electrons. The number of hydrazone groups is 1. The van der Waals surface area contributed by atoms with Crippen LogP contribution in [0.15, 0.2) is 77.9 Å². The molecule has 0 aliphatic rings. The van der Waals surface area contributed by atoms with Gasteiger partial charge in [0.2, 0.25) is 0 Å². The van der Waals surface area contributed by atoms with Gasteiger partial charge < -0.3 is 9.47 Å². The number of carbonyl (C=O) groups is 1. The fraction of sp³-hybridized carbons (Fsp3) is 0.167. The average molecular weight is 388 g/mol. The maximum absolute atomic E-state index is 11.9. The molecule has 0 aromatic heterocycles. The Morgan fingerprint density at radius 3 is 2.48 bits per heavy atom. The highest BCUT2D eigenvalue weighted by Gasteiger charge is 2.03. The van der Waals surface area contributed by atoms with Crippen molar-refractivity contribution in [2.24, 2.45) is 5.10 Å². The van der Waals surface area contributed by atoms with E-state index in [0.717, 1.165) is 22.4 Å². The molecule has 0 saturated carbocycles. The molecule has 1 amide bonds. The quantitative estimate of drug-likeness (QED) is 0.459. The molecule has 3 rings (SSSR count). The van der Waals surface area contributed by atoms with E-state index < -0.39 is 0 Å². The van der Waals surface area contributed by atoms with Crippen molar-refractivity contribution in [2.45, 2.75) is 20.5 Å². The summed E-state index contributed by atoms with van der Waals surface area (Å²) in [6.07, 6.45) is 1.57. The summed E-state index contributed by atoms with van der Waals surface area (Å²) in [4.78, 5) is 11.9. The van der Waals surface area contributed by atoms with Crippen LogP contribution in [-0.2, 0) is 11.4 Å². The van der Waals surface area contributed by atoms with Crippen LogP contribution in [0.1, 0.15) is 22.3 Å². The highest BCUT2D eigenvalue weighted by Crippen LogP contribution is 2.16. The molecule has 0 atom stereocenters. The lowest BCUT2D eigenvalue weighted by molar-refractivity contribution is -0.123. The van der Waals surface area contributed by atoms with Crippen LogP contribution in [0, 0.1) is 13.8 Å². The number of ether oxygens (including phenoxy) is 2. The van der Waals surface area contributed by atoms with Crippen molar-refractivity contribution in [3.63, 3.8) is 0 Å². The smallest absolute Gasteiger partial charge is 0.277 e. The first-order valence-electron chi connectivity index (χ1n) is 9.39. The molecule has 5 nitrogen and oxygen atoms in total. The largest absolute Gasteiger partial charge is 0.489 e. The minimum Gasteiger partial charge on any atom is -0.489 e. The molecular weight excluding hydrogens is 364 g/mol. The highest BCUT2D eigenvalue weighted by atomic mass is 16.5. The molecule has 0 unspecified atom stereocenters. The number of hydrogen-bond acceptors (Lipinski definition) is 4. The van der Waals surface area contributed by atoms with E-state index in [1.807, 2.05) is 86.6 Å². The standard InChI is InChI=1S/C24H24N2O3/c1-18-11-12-23(13-19(18)2)29-17-24(27)26-25-15-21-9-6-10-22(14-21)28-16-20-7-4-3-5-8-20/h3-15H,16-17H2,1-2H3,(H,26,27)/b25-15+. The summed E-state index contributed by atoms with van der Waals surface area (Å²) >= 11 is 0. The molecule has 3 aromatic carbocycles. The Hall–Kier alpha value is -3.60. The zero-order chi connectivity index (χ0) is 20.5. The summed E-state index contributed by atoms with van der Waals surface area (Å²) in [6, 6.07) is 23.2. The number of aryl methyl sites for hydroxylation is 2. The van der Waals surface area contributed by atoms with Crippen LogP contribution in [0.4, 0.5) is 0 Å². The Labute approximate surface area is 171 Å². The molecule has 1 N–H and O–H groups in total. The summed E-state index contributed by atoms with van der Waals surface area (Å²) in [7, 11) is 0. The highest BCUT2D eigenvalue weighted by molar-refractivity contribution is 5.83. The minimum absolute atomic E-state index is 0.0972. The second-order valence-corrected chi connectivity index (χ2v) is 6.67. The lowest BCUT2D eigenvalue weighted by Crippen LogP contribution is -2.24. The summed E-state index contributed by atoms with van der Waals surface area (Å²) in [5.41, 5.74) is 6.70. The average Bonchev–Trinajstić information content (AvgIpc) is 2.74. The van der Waals surface area contributed by atoms with Crippen molar-refractivity contribution in [2.75, 3.05) is 6.61 Å². The first kappa shape index (κ1) is 20.1. The van der Waals surface area contributed by atoms with E-state index in [-0.39, 0.29) is 12.5 Å². The minimum atomic E-state index is -0.323. The number of nitrogens with zero attached hydrogens (tertiary/aromatic N) is 1. The van der Waals surface area contributed by atoms with Crippen LogP contribution in [-0.4, -0.2) is 18.7 Å². The van der Waals surface area contributed by atoms with Crippen LogP contribution >= 0.6 is 0 Å². The van der Waals surface area contributed by atoms with Crippen molar-refractivity contribution in [3.05, 3.63) is 95.1 Å². The van der Waals surface area contributed by atoms with Gasteiger partial charge in [-0.3, -0.25) is 4.79 Å². The second kappa shape index (κ2) is 10.1. The van der Waals surface area contributed by atoms with Crippen LogP contribution in [0.2, 0.25) is 0 Å². The monoisotopic (exact) mass is 388 g/mol. The van der Waals surface area contributed by atoms with Gasteiger partial charge >= 0.3 is 0 Å².